The van der Waals surface area contributed by atoms with Gasteiger partial charge in [0.2, 0.25) is 5.91 Å². The molecular weight excluding hydrogens is 196 g/mol. The van der Waals surface area contributed by atoms with Gasteiger partial charge in [-0.2, -0.15) is 0 Å². The molecule has 0 heterocycles. The Morgan fingerprint density at radius 3 is 2.53 bits per heavy atom. The van der Waals surface area contributed by atoms with Crippen molar-refractivity contribution in [3.05, 3.63) is 12.7 Å². The van der Waals surface area contributed by atoms with Crippen molar-refractivity contribution in [2.75, 3.05) is 27.3 Å². The van der Waals surface area contributed by atoms with Gasteiger partial charge in [0.15, 0.2) is 6.29 Å². The average molecular weight is 216 g/mol. The van der Waals surface area contributed by atoms with Crippen LogP contribution in [0.15, 0.2) is 12.7 Å². The molecule has 0 saturated heterocycles. The van der Waals surface area contributed by atoms with Gasteiger partial charge in [-0.15, -0.1) is 6.58 Å². The fourth-order valence-corrected chi connectivity index (χ4v) is 1.17. The van der Waals surface area contributed by atoms with Crippen molar-refractivity contribution in [1.82, 2.24) is 10.6 Å². The molecule has 1 unspecified atom stereocenters. The fourth-order valence-electron chi connectivity index (χ4n) is 1.17. The first-order valence-corrected chi connectivity index (χ1v) is 4.82. The maximum absolute atomic E-state index is 11.3. The summed E-state index contributed by atoms with van der Waals surface area (Å²) in [5.41, 5.74) is 0. The molecule has 0 rings (SSSR count). The molecule has 15 heavy (non-hydrogen) atoms. The predicted molar refractivity (Wildman–Crippen MR) is 58.5 cm³/mol. The normalized spacial score (nSPS) is 12.5. The molecule has 5 heteroatoms. The largest absolute Gasteiger partial charge is 0.354 e. The van der Waals surface area contributed by atoms with E-state index in [0.717, 1.165) is 0 Å². The van der Waals surface area contributed by atoms with Gasteiger partial charge in [-0.1, -0.05) is 6.08 Å². The summed E-state index contributed by atoms with van der Waals surface area (Å²) in [4.78, 5) is 11.3. The number of nitrogens with one attached hydrogen (secondary N) is 2. The van der Waals surface area contributed by atoms with Crippen molar-refractivity contribution >= 4 is 5.91 Å². The van der Waals surface area contributed by atoms with Gasteiger partial charge in [-0.3, -0.25) is 4.79 Å². The molecule has 1 amide bonds. The standard InChI is InChI=1S/C10H20N2O3/c1-5-6-11-7-9(13)12-8(2)10(14-3)15-4/h5,8,10-11H,1,6-7H2,2-4H3,(H,12,13). The van der Waals surface area contributed by atoms with E-state index in [1.54, 1.807) is 6.08 Å². The SMILES string of the molecule is C=CCNCC(=O)NC(C)C(OC)OC. The number of carbonyl (C=O) groups excluding carboxylic acids is 1. The maximum Gasteiger partial charge on any atom is 0.234 e. The van der Waals surface area contributed by atoms with Crippen molar-refractivity contribution in [3.63, 3.8) is 0 Å². The minimum Gasteiger partial charge on any atom is -0.354 e. The van der Waals surface area contributed by atoms with Crippen molar-refractivity contribution in [1.29, 1.82) is 0 Å². The van der Waals surface area contributed by atoms with Crippen LogP contribution in [0.5, 0.6) is 0 Å². The molecule has 0 aromatic carbocycles. The van der Waals surface area contributed by atoms with Gasteiger partial charge in [-0.25, -0.2) is 0 Å². The van der Waals surface area contributed by atoms with Crippen molar-refractivity contribution in [2.45, 2.75) is 19.3 Å². The van der Waals surface area contributed by atoms with Crippen LogP contribution >= 0.6 is 0 Å². The molecule has 0 radical (unpaired) electrons. The smallest absolute Gasteiger partial charge is 0.234 e. The van der Waals surface area contributed by atoms with Crippen molar-refractivity contribution < 1.29 is 14.3 Å². The Kier molecular flexibility index (Phi) is 7.89. The average Bonchev–Trinajstić information content (AvgIpc) is 2.20. The molecule has 0 spiro atoms. The van der Waals surface area contributed by atoms with Crippen LogP contribution < -0.4 is 10.6 Å². The van der Waals surface area contributed by atoms with E-state index in [0.29, 0.717) is 6.54 Å². The molecule has 88 valence electrons. The molecular formula is C10H20N2O3. The summed E-state index contributed by atoms with van der Waals surface area (Å²) in [5.74, 6) is -0.0940. The van der Waals surface area contributed by atoms with E-state index in [1.807, 2.05) is 6.92 Å². The minimum atomic E-state index is -0.423. The number of methoxy groups -OCH3 is 2. The number of hydrogen-bond acceptors (Lipinski definition) is 4. The highest BCUT2D eigenvalue weighted by atomic mass is 16.7. The third-order valence-electron chi connectivity index (χ3n) is 1.84. The van der Waals surface area contributed by atoms with Crippen LogP contribution in [-0.4, -0.2) is 45.5 Å². The summed E-state index contributed by atoms with van der Waals surface area (Å²) in [5, 5.41) is 5.66. The topological polar surface area (TPSA) is 59.6 Å². The molecule has 5 nitrogen and oxygen atoms in total. The third kappa shape index (κ3) is 6.22. The summed E-state index contributed by atoms with van der Waals surface area (Å²) < 4.78 is 10.0. The van der Waals surface area contributed by atoms with Gasteiger partial charge in [0.1, 0.15) is 0 Å². The Hall–Kier alpha value is -0.910. The van der Waals surface area contributed by atoms with E-state index in [9.17, 15) is 4.79 Å². The highest BCUT2D eigenvalue weighted by Crippen LogP contribution is 1.97. The second-order valence-electron chi connectivity index (χ2n) is 3.12. The van der Waals surface area contributed by atoms with Gasteiger partial charge in [0.05, 0.1) is 12.6 Å². The first-order chi connectivity index (χ1) is 7.15. The van der Waals surface area contributed by atoms with Crippen molar-refractivity contribution in [3.8, 4) is 0 Å². The lowest BCUT2D eigenvalue weighted by atomic mass is 10.3. The van der Waals surface area contributed by atoms with Gasteiger partial charge in [0, 0.05) is 20.8 Å². The molecule has 0 fully saturated rings. The quantitative estimate of drug-likeness (QED) is 0.337. The van der Waals surface area contributed by atoms with Crippen LogP contribution in [0, 0.1) is 0 Å². The molecule has 0 aromatic heterocycles. The number of ether oxygens (including phenoxy) is 2. The first kappa shape index (κ1) is 14.1. The second-order valence-corrected chi connectivity index (χ2v) is 3.12. The van der Waals surface area contributed by atoms with Gasteiger partial charge in [-0.05, 0) is 6.92 Å². The van der Waals surface area contributed by atoms with E-state index < -0.39 is 6.29 Å². The first-order valence-electron chi connectivity index (χ1n) is 4.82. The van der Waals surface area contributed by atoms with Crippen LogP contribution in [0.2, 0.25) is 0 Å². The lowest BCUT2D eigenvalue weighted by Crippen LogP contribution is -2.46. The van der Waals surface area contributed by atoms with E-state index in [1.165, 1.54) is 14.2 Å². The Balaban J connectivity index is 3.78. The van der Waals surface area contributed by atoms with Gasteiger partial charge >= 0.3 is 0 Å². The van der Waals surface area contributed by atoms with Gasteiger partial charge in [0.25, 0.3) is 0 Å². The summed E-state index contributed by atoms with van der Waals surface area (Å²) >= 11 is 0. The van der Waals surface area contributed by atoms with Crippen LogP contribution in [-0.2, 0) is 14.3 Å². The Morgan fingerprint density at radius 1 is 1.47 bits per heavy atom. The molecule has 0 aliphatic heterocycles. The maximum atomic E-state index is 11.3. The van der Waals surface area contributed by atoms with E-state index in [-0.39, 0.29) is 18.5 Å². The van der Waals surface area contributed by atoms with Crippen LogP contribution in [0.25, 0.3) is 0 Å². The molecule has 0 saturated carbocycles. The monoisotopic (exact) mass is 216 g/mol. The number of amides is 1. The summed E-state index contributed by atoms with van der Waals surface area (Å²) in [6.07, 6.45) is 1.28. The van der Waals surface area contributed by atoms with Crippen LogP contribution in [0.4, 0.5) is 0 Å². The Bertz CT molecular complexity index is 193. The highest BCUT2D eigenvalue weighted by Gasteiger charge is 2.17. The molecule has 0 bridgehead atoms. The molecule has 0 aromatic rings. The minimum absolute atomic E-state index is 0.0940. The Morgan fingerprint density at radius 2 is 2.07 bits per heavy atom. The van der Waals surface area contributed by atoms with Crippen LogP contribution in [0.3, 0.4) is 0 Å². The van der Waals surface area contributed by atoms with Crippen LogP contribution in [0.1, 0.15) is 6.92 Å². The van der Waals surface area contributed by atoms with Gasteiger partial charge < -0.3 is 20.1 Å². The highest BCUT2D eigenvalue weighted by molar-refractivity contribution is 5.78. The fraction of sp³-hybridized carbons (Fsp3) is 0.700. The lowest BCUT2D eigenvalue weighted by Gasteiger charge is -2.22. The molecule has 0 aliphatic rings. The molecule has 2 N–H and O–H groups in total. The number of carbonyl (C=O) groups is 1. The molecule has 0 aliphatic carbocycles. The predicted octanol–water partition coefficient (Wildman–Crippen LogP) is -0.114. The van der Waals surface area contributed by atoms with E-state index >= 15 is 0 Å². The summed E-state index contributed by atoms with van der Waals surface area (Å²) in [7, 11) is 3.07. The molecule has 1 atom stereocenters. The zero-order valence-electron chi connectivity index (χ0n) is 9.58. The number of rotatable bonds is 8. The second kappa shape index (κ2) is 8.40. The van der Waals surface area contributed by atoms with E-state index in [4.69, 9.17) is 9.47 Å². The lowest BCUT2D eigenvalue weighted by molar-refractivity contribution is -0.135. The van der Waals surface area contributed by atoms with E-state index in [2.05, 4.69) is 17.2 Å². The summed E-state index contributed by atoms with van der Waals surface area (Å²) in [6, 6.07) is -0.182. The summed E-state index contributed by atoms with van der Waals surface area (Å²) in [6.45, 7) is 6.23. The van der Waals surface area contributed by atoms with Crippen molar-refractivity contribution in [2.24, 2.45) is 0 Å². The zero-order chi connectivity index (χ0) is 11.7. The number of hydrogen-bond donors (Lipinski definition) is 2. The zero-order valence-corrected chi connectivity index (χ0v) is 9.58. The Labute approximate surface area is 90.8 Å². The third-order valence-corrected chi connectivity index (χ3v) is 1.84.